The molecule has 1 aromatic rings. The Hall–Kier alpha value is -2.77. The van der Waals surface area contributed by atoms with Gasteiger partial charge in [0.15, 0.2) is 0 Å². The summed E-state index contributed by atoms with van der Waals surface area (Å²) in [6.45, 7) is 7.00. The van der Waals surface area contributed by atoms with Crippen molar-refractivity contribution in [3.63, 3.8) is 0 Å². The number of nitrogens with zero attached hydrogens (tertiary/aromatic N) is 2. The molecule has 2 fully saturated rings. The van der Waals surface area contributed by atoms with Crippen molar-refractivity contribution in [2.45, 2.75) is 64.7 Å². The van der Waals surface area contributed by atoms with Crippen molar-refractivity contribution in [2.75, 3.05) is 19.6 Å². The lowest BCUT2D eigenvalue weighted by atomic mass is 9.69. The standard InChI is InChI=1S/C23H32N2O6/c1-22(2,3)31-20(28)24-12-9-23(10-13-24)11-14-25(18(15-23)19(26)27)21(29)30-16-17-7-5-4-6-8-17/h4-8,18H,9-16H2,1-3H3,(H,26,27). The highest BCUT2D eigenvalue weighted by Gasteiger charge is 2.47. The molecule has 2 amide bonds. The van der Waals surface area contributed by atoms with Crippen molar-refractivity contribution >= 4 is 18.2 Å². The third kappa shape index (κ3) is 5.89. The van der Waals surface area contributed by atoms with E-state index >= 15 is 0 Å². The highest BCUT2D eigenvalue weighted by atomic mass is 16.6. The lowest BCUT2D eigenvalue weighted by Gasteiger charge is -2.48. The molecular formula is C23H32N2O6. The molecule has 2 heterocycles. The van der Waals surface area contributed by atoms with Gasteiger partial charge in [-0.15, -0.1) is 0 Å². The first-order valence-corrected chi connectivity index (χ1v) is 10.8. The molecule has 0 saturated carbocycles. The number of likely N-dealkylation sites (tertiary alicyclic amines) is 2. The summed E-state index contributed by atoms with van der Waals surface area (Å²) in [5, 5.41) is 9.79. The number of rotatable bonds is 3. The number of carbonyl (C=O) groups is 3. The second-order valence-corrected chi connectivity index (χ2v) is 9.51. The fourth-order valence-electron chi connectivity index (χ4n) is 4.32. The summed E-state index contributed by atoms with van der Waals surface area (Å²) >= 11 is 0. The van der Waals surface area contributed by atoms with Gasteiger partial charge >= 0.3 is 18.2 Å². The fraction of sp³-hybridized carbons (Fsp3) is 0.609. The molecule has 2 aliphatic heterocycles. The minimum atomic E-state index is -1.02. The van der Waals surface area contributed by atoms with Crippen molar-refractivity contribution in [3.8, 4) is 0 Å². The SMILES string of the molecule is CC(C)(C)OC(=O)N1CCC2(CC1)CCN(C(=O)OCc1ccccc1)C(C(=O)O)C2. The van der Waals surface area contributed by atoms with E-state index in [1.807, 2.05) is 51.1 Å². The van der Waals surface area contributed by atoms with Crippen LogP contribution in [0, 0.1) is 5.41 Å². The van der Waals surface area contributed by atoms with Crippen molar-refractivity contribution in [3.05, 3.63) is 35.9 Å². The van der Waals surface area contributed by atoms with Crippen LogP contribution in [0.3, 0.4) is 0 Å². The third-order valence-corrected chi connectivity index (χ3v) is 6.09. The Kier molecular flexibility index (Phi) is 6.77. The summed E-state index contributed by atoms with van der Waals surface area (Å²) in [6, 6.07) is 8.38. The second-order valence-electron chi connectivity index (χ2n) is 9.51. The van der Waals surface area contributed by atoms with Crippen LogP contribution in [0.25, 0.3) is 0 Å². The van der Waals surface area contributed by atoms with Crippen molar-refractivity contribution in [2.24, 2.45) is 5.41 Å². The van der Waals surface area contributed by atoms with E-state index in [4.69, 9.17) is 9.47 Å². The van der Waals surface area contributed by atoms with Gasteiger partial charge in [0.1, 0.15) is 18.2 Å². The Labute approximate surface area is 183 Å². The van der Waals surface area contributed by atoms with Crippen LogP contribution < -0.4 is 0 Å². The molecular weight excluding hydrogens is 400 g/mol. The van der Waals surface area contributed by atoms with Gasteiger partial charge in [-0.25, -0.2) is 14.4 Å². The van der Waals surface area contributed by atoms with E-state index in [9.17, 15) is 19.5 Å². The zero-order valence-corrected chi connectivity index (χ0v) is 18.5. The molecule has 0 bridgehead atoms. The van der Waals surface area contributed by atoms with Gasteiger partial charge in [-0.3, -0.25) is 4.90 Å². The molecule has 170 valence electrons. The van der Waals surface area contributed by atoms with E-state index in [1.54, 1.807) is 4.90 Å². The van der Waals surface area contributed by atoms with Crippen LogP contribution in [-0.2, 0) is 20.9 Å². The Morgan fingerprint density at radius 3 is 2.23 bits per heavy atom. The van der Waals surface area contributed by atoms with Crippen LogP contribution in [0.1, 0.15) is 52.0 Å². The first kappa shape index (κ1) is 22.9. The van der Waals surface area contributed by atoms with Crippen molar-refractivity contribution in [1.82, 2.24) is 9.80 Å². The maximum Gasteiger partial charge on any atom is 0.410 e. The third-order valence-electron chi connectivity index (χ3n) is 6.09. The lowest BCUT2D eigenvalue weighted by molar-refractivity contribution is -0.147. The molecule has 2 aliphatic rings. The zero-order chi connectivity index (χ0) is 22.6. The van der Waals surface area contributed by atoms with Gasteiger partial charge in [-0.05, 0) is 57.4 Å². The fourth-order valence-corrected chi connectivity index (χ4v) is 4.32. The van der Waals surface area contributed by atoms with Gasteiger partial charge in [0.05, 0.1) is 0 Å². The number of benzene rings is 1. The smallest absolute Gasteiger partial charge is 0.410 e. The average molecular weight is 433 g/mol. The van der Waals surface area contributed by atoms with E-state index in [0.29, 0.717) is 45.3 Å². The Morgan fingerprint density at radius 1 is 1.03 bits per heavy atom. The minimum Gasteiger partial charge on any atom is -0.480 e. The van der Waals surface area contributed by atoms with Gasteiger partial charge in [-0.2, -0.15) is 0 Å². The molecule has 1 aromatic carbocycles. The topological polar surface area (TPSA) is 96.4 Å². The molecule has 0 aromatic heterocycles. The molecule has 3 rings (SSSR count). The van der Waals surface area contributed by atoms with E-state index in [2.05, 4.69) is 0 Å². The minimum absolute atomic E-state index is 0.110. The van der Waals surface area contributed by atoms with E-state index in [0.717, 1.165) is 5.56 Å². The number of piperidine rings is 2. The molecule has 31 heavy (non-hydrogen) atoms. The number of amides is 2. The van der Waals surface area contributed by atoms with Crippen LogP contribution in [0.15, 0.2) is 30.3 Å². The highest BCUT2D eigenvalue weighted by Crippen LogP contribution is 2.44. The average Bonchev–Trinajstić information content (AvgIpc) is 2.72. The maximum absolute atomic E-state index is 12.6. The van der Waals surface area contributed by atoms with E-state index in [-0.39, 0.29) is 18.1 Å². The molecule has 1 atom stereocenters. The van der Waals surface area contributed by atoms with Gasteiger partial charge in [0.25, 0.3) is 0 Å². The van der Waals surface area contributed by atoms with E-state index < -0.39 is 23.7 Å². The molecule has 1 unspecified atom stereocenters. The summed E-state index contributed by atoms with van der Waals surface area (Å²) in [5.41, 5.74) is 0.106. The van der Waals surface area contributed by atoms with Crippen LogP contribution in [0.4, 0.5) is 9.59 Å². The normalized spacial score (nSPS) is 20.9. The molecule has 0 aliphatic carbocycles. The quantitative estimate of drug-likeness (QED) is 0.778. The zero-order valence-electron chi connectivity index (χ0n) is 18.5. The molecule has 0 radical (unpaired) electrons. The number of hydrogen-bond acceptors (Lipinski definition) is 5. The van der Waals surface area contributed by atoms with Crippen LogP contribution in [0.2, 0.25) is 0 Å². The van der Waals surface area contributed by atoms with Gasteiger partial charge < -0.3 is 19.5 Å². The summed E-state index contributed by atoms with van der Waals surface area (Å²) < 4.78 is 10.8. The number of carbonyl (C=O) groups excluding carboxylic acids is 2. The van der Waals surface area contributed by atoms with Crippen molar-refractivity contribution < 1.29 is 29.0 Å². The van der Waals surface area contributed by atoms with E-state index in [1.165, 1.54) is 4.90 Å². The van der Waals surface area contributed by atoms with Gasteiger partial charge in [-0.1, -0.05) is 30.3 Å². The first-order valence-electron chi connectivity index (χ1n) is 10.8. The second kappa shape index (κ2) is 9.16. The Bertz CT molecular complexity index is 796. The van der Waals surface area contributed by atoms with Gasteiger partial charge in [0.2, 0.25) is 0 Å². The van der Waals surface area contributed by atoms with Gasteiger partial charge in [0, 0.05) is 19.6 Å². The monoisotopic (exact) mass is 432 g/mol. The predicted molar refractivity (Wildman–Crippen MR) is 113 cm³/mol. The van der Waals surface area contributed by atoms with Crippen LogP contribution in [-0.4, -0.2) is 64.3 Å². The summed E-state index contributed by atoms with van der Waals surface area (Å²) in [5.74, 6) is -1.02. The molecule has 1 spiro atoms. The summed E-state index contributed by atoms with van der Waals surface area (Å²) in [7, 11) is 0. The molecule has 8 heteroatoms. The van der Waals surface area contributed by atoms with Crippen LogP contribution in [0.5, 0.6) is 0 Å². The molecule has 2 saturated heterocycles. The first-order chi connectivity index (χ1) is 14.6. The largest absolute Gasteiger partial charge is 0.480 e. The number of carboxylic acid groups (broad SMARTS) is 1. The number of hydrogen-bond donors (Lipinski definition) is 1. The Balaban J connectivity index is 1.58. The highest BCUT2D eigenvalue weighted by molar-refractivity contribution is 5.80. The number of carboxylic acids is 1. The number of aliphatic carboxylic acids is 1. The maximum atomic E-state index is 12.6. The van der Waals surface area contributed by atoms with Crippen LogP contribution >= 0.6 is 0 Å². The predicted octanol–water partition coefficient (Wildman–Crippen LogP) is 3.89. The summed E-state index contributed by atoms with van der Waals surface area (Å²) in [4.78, 5) is 39.9. The number of ether oxygens (including phenoxy) is 2. The molecule has 1 N–H and O–H groups in total. The Morgan fingerprint density at radius 2 is 1.65 bits per heavy atom. The lowest BCUT2D eigenvalue weighted by Crippen LogP contribution is -2.56. The molecule has 8 nitrogen and oxygen atoms in total. The summed E-state index contributed by atoms with van der Waals surface area (Å²) in [6.07, 6.45) is 1.52. The van der Waals surface area contributed by atoms with Crippen molar-refractivity contribution in [1.29, 1.82) is 0 Å².